The smallest absolute Gasteiger partial charge is 0.233 e. The molecule has 0 saturated carbocycles. The van der Waals surface area contributed by atoms with Crippen LogP contribution in [0.4, 0.5) is 0 Å². The number of carbonyl (C=O) groups is 1. The third kappa shape index (κ3) is 3.17. The van der Waals surface area contributed by atoms with E-state index in [4.69, 9.17) is 0 Å². The van der Waals surface area contributed by atoms with Gasteiger partial charge < -0.3 is 15.1 Å². The molecule has 1 amide bonds. The highest BCUT2D eigenvalue weighted by atomic mass is 16.2. The second-order valence-corrected chi connectivity index (χ2v) is 9.59. The summed E-state index contributed by atoms with van der Waals surface area (Å²) in [7, 11) is 2.17. The SMILES string of the molecule is Cc1ccccc1[C@@H]1[C@H]2CNC[C@H]2CN1C(=O)C1(c2ccccc2)CCN(C)CC1. The van der Waals surface area contributed by atoms with Crippen LogP contribution in [-0.2, 0) is 10.2 Å². The van der Waals surface area contributed by atoms with Crippen LogP contribution in [0.2, 0.25) is 0 Å². The Kier molecular flexibility index (Phi) is 5.16. The maximum atomic E-state index is 14.4. The average Bonchev–Trinajstić information content (AvgIpc) is 3.37. The van der Waals surface area contributed by atoms with E-state index in [1.165, 1.54) is 16.7 Å². The van der Waals surface area contributed by atoms with Crippen LogP contribution in [0.1, 0.15) is 35.6 Å². The molecule has 3 fully saturated rings. The van der Waals surface area contributed by atoms with Crippen molar-refractivity contribution in [3.05, 3.63) is 71.3 Å². The molecule has 3 aliphatic rings. The Morgan fingerprint density at radius 2 is 1.70 bits per heavy atom. The van der Waals surface area contributed by atoms with Gasteiger partial charge in [-0.2, -0.15) is 0 Å². The second-order valence-electron chi connectivity index (χ2n) is 9.59. The van der Waals surface area contributed by atoms with Crippen LogP contribution >= 0.6 is 0 Å². The normalized spacial score (nSPS) is 28.5. The predicted molar refractivity (Wildman–Crippen MR) is 120 cm³/mol. The van der Waals surface area contributed by atoms with Crippen molar-refractivity contribution in [3.8, 4) is 0 Å². The first-order valence-corrected chi connectivity index (χ1v) is 11.4. The minimum absolute atomic E-state index is 0.180. The molecule has 3 saturated heterocycles. The number of fused-ring (bicyclic) bond motifs is 1. The highest BCUT2D eigenvalue weighted by Gasteiger charge is 2.52. The Morgan fingerprint density at radius 1 is 1.00 bits per heavy atom. The van der Waals surface area contributed by atoms with Crippen molar-refractivity contribution in [1.29, 1.82) is 0 Å². The molecule has 0 radical (unpaired) electrons. The van der Waals surface area contributed by atoms with Gasteiger partial charge >= 0.3 is 0 Å². The van der Waals surface area contributed by atoms with Gasteiger partial charge in [0.05, 0.1) is 11.5 Å². The number of benzene rings is 2. The minimum atomic E-state index is -0.402. The monoisotopic (exact) mass is 403 g/mol. The summed E-state index contributed by atoms with van der Waals surface area (Å²) in [5, 5.41) is 3.58. The largest absolute Gasteiger partial charge is 0.334 e. The molecule has 1 N–H and O–H groups in total. The molecule has 5 rings (SSSR count). The van der Waals surface area contributed by atoms with Crippen LogP contribution in [0.5, 0.6) is 0 Å². The van der Waals surface area contributed by atoms with Crippen LogP contribution in [0, 0.1) is 18.8 Å². The maximum Gasteiger partial charge on any atom is 0.233 e. The summed E-state index contributed by atoms with van der Waals surface area (Å²) in [5.41, 5.74) is 3.42. The van der Waals surface area contributed by atoms with Crippen LogP contribution in [0.3, 0.4) is 0 Å². The molecular formula is C26H33N3O. The topological polar surface area (TPSA) is 35.6 Å². The molecule has 2 aromatic carbocycles. The zero-order chi connectivity index (χ0) is 20.7. The maximum absolute atomic E-state index is 14.4. The first-order chi connectivity index (χ1) is 14.6. The number of carbonyl (C=O) groups excluding carboxylic acids is 1. The summed E-state index contributed by atoms with van der Waals surface area (Å²) < 4.78 is 0. The third-order valence-electron chi connectivity index (χ3n) is 7.91. The highest BCUT2D eigenvalue weighted by Crippen LogP contribution is 2.47. The summed E-state index contributed by atoms with van der Waals surface area (Å²) in [6, 6.07) is 19.4. The lowest BCUT2D eigenvalue weighted by Crippen LogP contribution is -2.52. The molecule has 0 bridgehead atoms. The molecule has 3 aliphatic heterocycles. The zero-order valence-electron chi connectivity index (χ0n) is 18.2. The van der Waals surface area contributed by atoms with Gasteiger partial charge in [-0.15, -0.1) is 0 Å². The standard InChI is InChI=1S/C26H33N3O/c1-19-8-6-7-11-22(19)24-23-17-27-16-20(23)18-29(24)25(30)26(12-14-28(2)15-13-26)21-9-4-3-5-10-21/h3-11,20,23-24,27H,12-18H2,1-2H3/t20-,23-,24+/m0/s1. The van der Waals surface area contributed by atoms with E-state index in [0.29, 0.717) is 17.7 Å². The first-order valence-electron chi connectivity index (χ1n) is 11.4. The Bertz CT molecular complexity index is 904. The molecule has 158 valence electrons. The van der Waals surface area contributed by atoms with Crippen molar-refractivity contribution >= 4 is 5.91 Å². The number of amides is 1. The van der Waals surface area contributed by atoms with Gasteiger partial charge in [0.25, 0.3) is 0 Å². The lowest BCUT2D eigenvalue weighted by atomic mass is 9.71. The van der Waals surface area contributed by atoms with E-state index < -0.39 is 5.41 Å². The van der Waals surface area contributed by atoms with Crippen molar-refractivity contribution in [3.63, 3.8) is 0 Å². The van der Waals surface area contributed by atoms with E-state index in [1.54, 1.807) is 0 Å². The molecule has 3 heterocycles. The van der Waals surface area contributed by atoms with Gasteiger partial charge in [-0.3, -0.25) is 4.79 Å². The number of rotatable bonds is 3. The molecular weight excluding hydrogens is 370 g/mol. The van der Waals surface area contributed by atoms with E-state index in [2.05, 4.69) is 83.7 Å². The summed E-state index contributed by atoms with van der Waals surface area (Å²) in [6.07, 6.45) is 1.80. The van der Waals surface area contributed by atoms with E-state index in [9.17, 15) is 4.79 Å². The summed E-state index contributed by atoms with van der Waals surface area (Å²) in [5.74, 6) is 1.41. The van der Waals surface area contributed by atoms with Gasteiger partial charge in [-0.25, -0.2) is 0 Å². The van der Waals surface area contributed by atoms with E-state index in [-0.39, 0.29) is 6.04 Å². The fourth-order valence-electron chi connectivity index (χ4n) is 6.10. The predicted octanol–water partition coefficient (Wildman–Crippen LogP) is 3.38. The quantitative estimate of drug-likeness (QED) is 0.853. The number of nitrogens with one attached hydrogen (secondary N) is 1. The summed E-state index contributed by atoms with van der Waals surface area (Å²) in [6.45, 7) is 7.04. The van der Waals surface area contributed by atoms with Gasteiger partial charge in [-0.05, 0) is 62.5 Å². The van der Waals surface area contributed by atoms with Crippen molar-refractivity contribution in [2.24, 2.45) is 11.8 Å². The van der Waals surface area contributed by atoms with E-state index in [1.807, 2.05) is 0 Å². The molecule has 2 aromatic rings. The fraction of sp³-hybridized carbons (Fsp3) is 0.500. The number of aryl methyl sites for hydroxylation is 1. The first kappa shape index (κ1) is 19.8. The van der Waals surface area contributed by atoms with Crippen LogP contribution in [0.25, 0.3) is 0 Å². The zero-order valence-corrected chi connectivity index (χ0v) is 18.2. The van der Waals surface area contributed by atoms with E-state index in [0.717, 1.165) is 45.6 Å². The molecule has 30 heavy (non-hydrogen) atoms. The summed E-state index contributed by atoms with van der Waals surface area (Å²) >= 11 is 0. The van der Waals surface area contributed by atoms with Gasteiger partial charge in [-0.1, -0.05) is 54.6 Å². The van der Waals surface area contributed by atoms with Gasteiger partial charge in [0, 0.05) is 25.6 Å². The highest BCUT2D eigenvalue weighted by molar-refractivity contribution is 5.89. The molecule has 0 aliphatic carbocycles. The Labute approximate surface area is 180 Å². The number of hydrogen-bond donors (Lipinski definition) is 1. The lowest BCUT2D eigenvalue weighted by molar-refractivity contribution is -0.141. The number of likely N-dealkylation sites (tertiary alicyclic amines) is 2. The van der Waals surface area contributed by atoms with Crippen LogP contribution in [-0.4, -0.2) is 55.5 Å². The molecule has 3 atom stereocenters. The van der Waals surface area contributed by atoms with Crippen molar-refractivity contribution in [2.45, 2.75) is 31.2 Å². The minimum Gasteiger partial charge on any atom is -0.334 e. The Balaban J connectivity index is 1.56. The van der Waals surface area contributed by atoms with Crippen molar-refractivity contribution in [1.82, 2.24) is 15.1 Å². The number of piperidine rings is 1. The third-order valence-corrected chi connectivity index (χ3v) is 7.91. The van der Waals surface area contributed by atoms with Gasteiger partial charge in [0.2, 0.25) is 5.91 Å². The lowest BCUT2D eigenvalue weighted by Gasteiger charge is -2.44. The molecule has 0 aromatic heterocycles. The molecule has 4 heteroatoms. The molecule has 0 unspecified atom stereocenters. The van der Waals surface area contributed by atoms with Gasteiger partial charge in [0.1, 0.15) is 0 Å². The van der Waals surface area contributed by atoms with Crippen LogP contribution in [0.15, 0.2) is 54.6 Å². The molecule has 4 nitrogen and oxygen atoms in total. The van der Waals surface area contributed by atoms with Crippen molar-refractivity contribution in [2.75, 3.05) is 39.8 Å². The van der Waals surface area contributed by atoms with Crippen LogP contribution < -0.4 is 5.32 Å². The van der Waals surface area contributed by atoms with E-state index >= 15 is 0 Å². The van der Waals surface area contributed by atoms with Gasteiger partial charge in [0.15, 0.2) is 0 Å². The average molecular weight is 404 g/mol. The Hall–Kier alpha value is -2.17. The Morgan fingerprint density at radius 3 is 2.43 bits per heavy atom. The summed E-state index contributed by atoms with van der Waals surface area (Å²) in [4.78, 5) is 19.1. The number of nitrogens with zero attached hydrogens (tertiary/aromatic N) is 2. The number of hydrogen-bond acceptors (Lipinski definition) is 3. The fourth-order valence-corrected chi connectivity index (χ4v) is 6.10. The molecule has 0 spiro atoms. The second kappa shape index (κ2) is 7.82. The van der Waals surface area contributed by atoms with Crippen molar-refractivity contribution < 1.29 is 4.79 Å².